The summed E-state index contributed by atoms with van der Waals surface area (Å²) in [7, 11) is 0. The van der Waals surface area contributed by atoms with Gasteiger partial charge in [-0.05, 0) is 60.8 Å². The topological polar surface area (TPSA) is 24.1 Å². The SMILES string of the molecule is Fc1cccc(CNc2c(Cl)ccc3c2CCNCC3)c1. The first-order chi connectivity index (χ1) is 10.2. The van der Waals surface area contributed by atoms with E-state index in [9.17, 15) is 4.39 Å². The van der Waals surface area contributed by atoms with Crippen LogP contribution in [0.5, 0.6) is 0 Å². The highest BCUT2D eigenvalue weighted by Gasteiger charge is 2.14. The standard InChI is InChI=1S/C17H18ClFN2/c18-16-5-4-13-6-8-20-9-7-15(13)17(16)21-11-12-2-1-3-14(19)10-12/h1-5,10,20-21H,6-9,11H2. The molecule has 2 aromatic carbocycles. The maximum atomic E-state index is 13.2. The molecular weight excluding hydrogens is 287 g/mol. The molecule has 0 radical (unpaired) electrons. The largest absolute Gasteiger partial charge is 0.380 e. The van der Waals surface area contributed by atoms with Gasteiger partial charge in [-0.25, -0.2) is 4.39 Å². The zero-order valence-electron chi connectivity index (χ0n) is 11.8. The molecule has 2 N–H and O–H groups in total. The van der Waals surface area contributed by atoms with Gasteiger partial charge in [0.25, 0.3) is 0 Å². The summed E-state index contributed by atoms with van der Waals surface area (Å²) in [6.45, 7) is 2.53. The molecule has 4 heteroatoms. The molecule has 0 unspecified atom stereocenters. The lowest BCUT2D eigenvalue weighted by molar-refractivity contribution is 0.626. The quantitative estimate of drug-likeness (QED) is 0.902. The van der Waals surface area contributed by atoms with Gasteiger partial charge in [-0.15, -0.1) is 0 Å². The first-order valence-electron chi connectivity index (χ1n) is 7.23. The Morgan fingerprint density at radius 1 is 1.14 bits per heavy atom. The van der Waals surface area contributed by atoms with Crippen molar-refractivity contribution in [2.45, 2.75) is 19.4 Å². The average Bonchev–Trinajstić information content (AvgIpc) is 2.72. The number of anilines is 1. The van der Waals surface area contributed by atoms with Crippen LogP contribution >= 0.6 is 11.6 Å². The van der Waals surface area contributed by atoms with Crippen molar-refractivity contribution in [3.63, 3.8) is 0 Å². The second-order valence-electron chi connectivity index (χ2n) is 5.29. The second-order valence-corrected chi connectivity index (χ2v) is 5.70. The van der Waals surface area contributed by atoms with Crippen LogP contribution in [0.3, 0.4) is 0 Å². The molecular formula is C17H18ClFN2. The van der Waals surface area contributed by atoms with Crippen molar-refractivity contribution in [2.24, 2.45) is 0 Å². The third-order valence-corrected chi connectivity index (χ3v) is 4.16. The Balaban J connectivity index is 1.84. The molecule has 1 heterocycles. The van der Waals surface area contributed by atoms with E-state index in [1.165, 1.54) is 17.2 Å². The third kappa shape index (κ3) is 3.36. The van der Waals surface area contributed by atoms with Gasteiger partial charge in [0, 0.05) is 6.54 Å². The van der Waals surface area contributed by atoms with Crippen molar-refractivity contribution in [1.82, 2.24) is 5.32 Å². The molecule has 1 aliphatic heterocycles. The Bertz CT molecular complexity index is 643. The van der Waals surface area contributed by atoms with Gasteiger partial charge in [0.2, 0.25) is 0 Å². The molecule has 0 amide bonds. The van der Waals surface area contributed by atoms with E-state index in [0.717, 1.165) is 42.2 Å². The first kappa shape index (κ1) is 14.4. The summed E-state index contributed by atoms with van der Waals surface area (Å²) in [5.41, 5.74) is 4.52. The molecule has 0 spiro atoms. The normalized spacial score (nSPS) is 14.4. The van der Waals surface area contributed by atoms with Gasteiger partial charge in [0.15, 0.2) is 0 Å². The van der Waals surface area contributed by atoms with Crippen LogP contribution in [0.2, 0.25) is 5.02 Å². The summed E-state index contributed by atoms with van der Waals surface area (Å²) in [6.07, 6.45) is 1.97. The monoisotopic (exact) mass is 304 g/mol. The van der Waals surface area contributed by atoms with Crippen molar-refractivity contribution in [2.75, 3.05) is 18.4 Å². The van der Waals surface area contributed by atoms with Gasteiger partial charge in [-0.1, -0.05) is 29.8 Å². The number of hydrogen-bond donors (Lipinski definition) is 2. The number of benzene rings is 2. The predicted molar refractivity (Wildman–Crippen MR) is 85.5 cm³/mol. The summed E-state index contributed by atoms with van der Waals surface area (Å²) in [4.78, 5) is 0. The lowest BCUT2D eigenvalue weighted by atomic mass is 10.0. The van der Waals surface area contributed by atoms with E-state index >= 15 is 0 Å². The van der Waals surface area contributed by atoms with Gasteiger partial charge in [0.05, 0.1) is 10.7 Å². The molecule has 0 saturated heterocycles. The van der Waals surface area contributed by atoms with E-state index in [2.05, 4.69) is 16.7 Å². The predicted octanol–water partition coefficient (Wildman–Crippen LogP) is 3.78. The molecule has 0 aromatic heterocycles. The highest BCUT2D eigenvalue weighted by molar-refractivity contribution is 6.33. The van der Waals surface area contributed by atoms with E-state index in [4.69, 9.17) is 11.6 Å². The van der Waals surface area contributed by atoms with Crippen LogP contribution in [-0.4, -0.2) is 13.1 Å². The molecule has 0 bridgehead atoms. The minimum atomic E-state index is -0.212. The highest BCUT2D eigenvalue weighted by Crippen LogP contribution is 2.31. The molecule has 21 heavy (non-hydrogen) atoms. The van der Waals surface area contributed by atoms with Crippen LogP contribution in [0.15, 0.2) is 36.4 Å². The molecule has 0 saturated carbocycles. The average molecular weight is 305 g/mol. The summed E-state index contributed by atoms with van der Waals surface area (Å²) in [5.74, 6) is -0.212. The van der Waals surface area contributed by atoms with Gasteiger partial charge in [-0.3, -0.25) is 0 Å². The van der Waals surface area contributed by atoms with Gasteiger partial charge >= 0.3 is 0 Å². The van der Waals surface area contributed by atoms with Crippen LogP contribution in [0.4, 0.5) is 10.1 Å². The number of fused-ring (bicyclic) bond motifs is 1. The number of hydrogen-bond acceptors (Lipinski definition) is 2. The minimum Gasteiger partial charge on any atom is -0.380 e. The van der Waals surface area contributed by atoms with Crippen LogP contribution in [0.1, 0.15) is 16.7 Å². The molecule has 0 aliphatic carbocycles. The molecule has 1 aliphatic rings. The second kappa shape index (κ2) is 6.46. The van der Waals surface area contributed by atoms with Gasteiger partial charge < -0.3 is 10.6 Å². The molecule has 0 atom stereocenters. The maximum Gasteiger partial charge on any atom is 0.123 e. The minimum absolute atomic E-state index is 0.212. The van der Waals surface area contributed by atoms with Gasteiger partial charge in [0.1, 0.15) is 5.82 Å². The molecule has 2 nitrogen and oxygen atoms in total. The fourth-order valence-corrected chi connectivity index (χ4v) is 3.02. The zero-order chi connectivity index (χ0) is 14.7. The van der Waals surface area contributed by atoms with Crippen LogP contribution in [0, 0.1) is 5.82 Å². The van der Waals surface area contributed by atoms with Gasteiger partial charge in [-0.2, -0.15) is 0 Å². The number of rotatable bonds is 3. The molecule has 110 valence electrons. The maximum absolute atomic E-state index is 13.2. The molecule has 2 aromatic rings. The van der Waals surface area contributed by atoms with Crippen molar-refractivity contribution < 1.29 is 4.39 Å². The van der Waals surface area contributed by atoms with Crippen molar-refractivity contribution in [1.29, 1.82) is 0 Å². The smallest absolute Gasteiger partial charge is 0.123 e. The van der Waals surface area contributed by atoms with E-state index in [1.54, 1.807) is 12.1 Å². The van der Waals surface area contributed by atoms with E-state index in [0.29, 0.717) is 6.54 Å². The molecule has 0 fully saturated rings. The third-order valence-electron chi connectivity index (χ3n) is 3.84. The molecule has 3 rings (SSSR count). The Morgan fingerprint density at radius 3 is 2.86 bits per heavy atom. The Hall–Kier alpha value is -1.58. The zero-order valence-corrected chi connectivity index (χ0v) is 12.5. The van der Waals surface area contributed by atoms with Crippen LogP contribution in [-0.2, 0) is 19.4 Å². The van der Waals surface area contributed by atoms with E-state index in [-0.39, 0.29) is 5.82 Å². The lowest BCUT2D eigenvalue weighted by Gasteiger charge is -2.16. The Kier molecular flexibility index (Phi) is 4.42. The Morgan fingerprint density at radius 2 is 2.00 bits per heavy atom. The van der Waals surface area contributed by atoms with Crippen LogP contribution < -0.4 is 10.6 Å². The summed E-state index contributed by atoms with van der Waals surface area (Å²) >= 11 is 6.36. The lowest BCUT2D eigenvalue weighted by Crippen LogP contribution is -2.16. The fraction of sp³-hybridized carbons (Fsp3) is 0.294. The van der Waals surface area contributed by atoms with Crippen molar-refractivity contribution in [3.05, 3.63) is 63.9 Å². The first-order valence-corrected chi connectivity index (χ1v) is 7.61. The summed E-state index contributed by atoms with van der Waals surface area (Å²) in [6, 6.07) is 10.7. The fourth-order valence-electron chi connectivity index (χ4n) is 2.77. The highest BCUT2D eigenvalue weighted by atomic mass is 35.5. The van der Waals surface area contributed by atoms with E-state index in [1.807, 2.05) is 12.1 Å². The van der Waals surface area contributed by atoms with Crippen molar-refractivity contribution in [3.8, 4) is 0 Å². The van der Waals surface area contributed by atoms with E-state index < -0.39 is 0 Å². The van der Waals surface area contributed by atoms with Crippen molar-refractivity contribution >= 4 is 17.3 Å². The number of nitrogens with one attached hydrogen (secondary N) is 2. The Labute approximate surface area is 129 Å². The summed E-state index contributed by atoms with van der Waals surface area (Å²) in [5, 5.41) is 7.52. The summed E-state index contributed by atoms with van der Waals surface area (Å²) < 4.78 is 13.2. The number of halogens is 2. The van der Waals surface area contributed by atoms with Crippen LogP contribution in [0.25, 0.3) is 0 Å².